The van der Waals surface area contributed by atoms with E-state index >= 15 is 0 Å². The first-order valence-corrected chi connectivity index (χ1v) is 11.3. The van der Waals surface area contributed by atoms with Gasteiger partial charge >= 0.3 is 0 Å². The zero-order chi connectivity index (χ0) is 23.8. The molecule has 3 aromatic rings. The summed E-state index contributed by atoms with van der Waals surface area (Å²) in [6, 6.07) is 17.9. The van der Waals surface area contributed by atoms with Gasteiger partial charge in [0.2, 0.25) is 11.7 Å². The summed E-state index contributed by atoms with van der Waals surface area (Å²) in [5.41, 5.74) is 1.53. The fourth-order valence-electron chi connectivity index (χ4n) is 3.04. The third kappa shape index (κ3) is 5.83. The Morgan fingerprint density at radius 3 is 2.06 bits per heavy atom. The fourth-order valence-corrected chi connectivity index (χ4v) is 4.10. The zero-order valence-electron chi connectivity index (χ0n) is 18.4. The Kier molecular flexibility index (Phi) is 7.57. The molecule has 0 aliphatic carbocycles. The lowest BCUT2D eigenvalue weighted by atomic mass is 10.1. The van der Waals surface area contributed by atoms with Crippen LogP contribution in [-0.4, -0.2) is 35.7 Å². The number of carbonyl (C=O) groups is 1. The van der Waals surface area contributed by atoms with Crippen molar-refractivity contribution < 1.29 is 27.4 Å². The summed E-state index contributed by atoms with van der Waals surface area (Å²) in [6.45, 7) is 0. The number of para-hydroxylation sites is 1. The molecular formula is C24H24N2O6S. The lowest BCUT2D eigenvalue weighted by Crippen LogP contribution is -2.13. The number of hydrogen-bond donors (Lipinski definition) is 2. The van der Waals surface area contributed by atoms with Crippen molar-refractivity contribution >= 4 is 33.4 Å². The van der Waals surface area contributed by atoms with Crippen molar-refractivity contribution in [1.29, 1.82) is 0 Å². The number of methoxy groups -OCH3 is 3. The maximum atomic E-state index is 12.5. The van der Waals surface area contributed by atoms with Crippen LogP contribution in [-0.2, 0) is 14.8 Å². The molecule has 0 saturated carbocycles. The highest BCUT2D eigenvalue weighted by Crippen LogP contribution is 2.40. The minimum absolute atomic E-state index is 0.0787. The minimum atomic E-state index is -3.74. The maximum Gasteiger partial charge on any atom is 0.261 e. The molecule has 0 atom stereocenters. The largest absolute Gasteiger partial charge is 0.493 e. The molecule has 0 radical (unpaired) electrons. The van der Waals surface area contributed by atoms with Gasteiger partial charge in [-0.3, -0.25) is 9.52 Å². The van der Waals surface area contributed by atoms with Crippen LogP contribution in [0, 0.1) is 0 Å². The zero-order valence-corrected chi connectivity index (χ0v) is 19.2. The Morgan fingerprint density at radius 1 is 0.788 bits per heavy atom. The summed E-state index contributed by atoms with van der Waals surface area (Å²) in [5.74, 6) is 0.961. The van der Waals surface area contributed by atoms with E-state index in [-0.39, 0.29) is 4.90 Å². The van der Waals surface area contributed by atoms with E-state index in [0.29, 0.717) is 34.2 Å². The number of benzene rings is 3. The Balaban J connectivity index is 1.70. The highest BCUT2D eigenvalue weighted by Gasteiger charge is 2.15. The van der Waals surface area contributed by atoms with E-state index in [4.69, 9.17) is 14.2 Å². The molecule has 0 saturated heterocycles. The molecule has 0 spiro atoms. The quantitative estimate of drug-likeness (QED) is 0.457. The highest BCUT2D eigenvalue weighted by molar-refractivity contribution is 7.92. The highest BCUT2D eigenvalue weighted by atomic mass is 32.2. The van der Waals surface area contributed by atoms with Crippen molar-refractivity contribution in [3.63, 3.8) is 0 Å². The van der Waals surface area contributed by atoms with E-state index in [0.717, 1.165) is 0 Å². The smallest absolute Gasteiger partial charge is 0.261 e. The second kappa shape index (κ2) is 10.6. The first kappa shape index (κ1) is 23.7. The summed E-state index contributed by atoms with van der Waals surface area (Å²) in [7, 11) is 0.781. The summed E-state index contributed by atoms with van der Waals surface area (Å²) in [6.07, 6.45) is 2.92. The van der Waals surface area contributed by atoms with Gasteiger partial charge in [-0.05, 0) is 54.6 Å². The SMILES string of the molecule is COc1ccc(/C=C/C(=O)Nc2ccc(S(=O)(=O)Nc3ccccc3)cc2)c(OC)c1OC. The molecule has 2 N–H and O–H groups in total. The van der Waals surface area contributed by atoms with Crippen LogP contribution in [0.2, 0.25) is 0 Å². The molecule has 0 fully saturated rings. The molecule has 3 rings (SSSR count). The lowest BCUT2D eigenvalue weighted by Gasteiger charge is -2.14. The Bertz CT molecular complexity index is 1240. The van der Waals surface area contributed by atoms with Gasteiger partial charge in [-0.1, -0.05) is 18.2 Å². The van der Waals surface area contributed by atoms with E-state index in [9.17, 15) is 13.2 Å². The van der Waals surface area contributed by atoms with Gasteiger partial charge in [-0.2, -0.15) is 0 Å². The van der Waals surface area contributed by atoms with Gasteiger partial charge < -0.3 is 19.5 Å². The molecule has 0 unspecified atom stereocenters. The van der Waals surface area contributed by atoms with Crippen molar-refractivity contribution in [3.05, 3.63) is 78.4 Å². The maximum absolute atomic E-state index is 12.5. The van der Waals surface area contributed by atoms with Crippen LogP contribution in [0.5, 0.6) is 17.2 Å². The van der Waals surface area contributed by atoms with Gasteiger partial charge in [0.25, 0.3) is 10.0 Å². The molecule has 1 amide bonds. The molecule has 9 heteroatoms. The first-order valence-electron chi connectivity index (χ1n) is 9.84. The second-order valence-corrected chi connectivity index (χ2v) is 8.42. The molecule has 0 aromatic heterocycles. The predicted molar refractivity (Wildman–Crippen MR) is 127 cm³/mol. The molecule has 0 aliphatic heterocycles. The van der Waals surface area contributed by atoms with Crippen molar-refractivity contribution in [2.75, 3.05) is 31.4 Å². The third-order valence-corrected chi connectivity index (χ3v) is 6.00. The van der Waals surface area contributed by atoms with Gasteiger partial charge in [0.05, 0.1) is 26.2 Å². The van der Waals surface area contributed by atoms with Crippen molar-refractivity contribution in [2.24, 2.45) is 0 Å². The van der Waals surface area contributed by atoms with E-state index < -0.39 is 15.9 Å². The van der Waals surface area contributed by atoms with Crippen LogP contribution in [0.3, 0.4) is 0 Å². The lowest BCUT2D eigenvalue weighted by molar-refractivity contribution is -0.111. The van der Waals surface area contributed by atoms with E-state index in [1.807, 2.05) is 0 Å². The van der Waals surface area contributed by atoms with Crippen molar-refractivity contribution in [1.82, 2.24) is 0 Å². The standard InChI is InChI=1S/C24H24N2O6S/c1-30-21-15-9-17(23(31-2)24(21)32-3)10-16-22(27)25-18-11-13-20(14-12-18)33(28,29)26-19-7-5-4-6-8-19/h4-16,26H,1-3H3,(H,25,27)/b16-10+. The van der Waals surface area contributed by atoms with Gasteiger partial charge in [0, 0.05) is 23.0 Å². The van der Waals surface area contributed by atoms with Gasteiger partial charge in [-0.15, -0.1) is 0 Å². The molecule has 172 valence electrons. The van der Waals surface area contributed by atoms with Gasteiger partial charge in [0.1, 0.15) is 0 Å². The Morgan fingerprint density at radius 2 is 1.45 bits per heavy atom. The molecule has 0 bridgehead atoms. The molecule has 0 aliphatic rings. The molecular weight excluding hydrogens is 444 g/mol. The monoisotopic (exact) mass is 468 g/mol. The number of hydrogen-bond acceptors (Lipinski definition) is 6. The van der Waals surface area contributed by atoms with Crippen LogP contribution in [0.25, 0.3) is 6.08 Å². The molecule has 8 nitrogen and oxygen atoms in total. The van der Waals surface area contributed by atoms with E-state index in [1.165, 1.54) is 51.7 Å². The Labute approximate surface area is 192 Å². The van der Waals surface area contributed by atoms with Crippen LogP contribution in [0.1, 0.15) is 5.56 Å². The number of rotatable bonds is 9. The van der Waals surface area contributed by atoms with Gasteiger partial charge in [0.15, 0.2) is 11.5 Å². The summed E-state index contributed by atoms with van der Waals surface area (Å²) in [5, 5.41) is 2.69. The Hall–Kier alpha value is -3.98. The van der Waals surface area contributed by atoms with Crippen molar-refractivity contribution in [2.45, 2.75) is 4.90 Å². The normalized spacial score (nSPS) is 11.1. The van der Waals surface area contributed by atoms with Gasteiger partial charge in [-0.25, -0.2) is 8.42 Å². The number of ether oxygens (including phenoxy) is 3. The summed E-state index contributed by atoms with van der Waals surface area (Å²) in [4.78, 5) is 12.4. The topological polar surface area (TPSA) is 103 Å². The summed E-state index contributed by atoms with van der Waals surface area (Å²) >= 11 is 0. The average Bonchev–Trinajstić information content (AvgIpc) is 2.82. The van der Waals surface area contributed by atoms with E-state index in [2.05, 4.69) is 10.0 Å². The number of amides is 1. The fraction of sp³-hybridized carbons (Fsp3) is 0.125. The van der Waals surface area contributed by atoms with E-state index in [1.54, 1.807) is 48.5 Å². The first-order chi connectivity index (χ1) is 15.9. The van der Waals surface area contributed by atoms with Crippen LogP contribution >= 0.6 is 0 Å². The second-order valence-electron chi connectivity index (χ2n) is 6.74. The van der Waals surface area contributed by atoms with Crippen LogP contribution in [0.4, 0.5) is 11.4 Å². The summed E-state index contributed by atoms with van der Waals surface area (Å²) < 4.78 is 43.5. The number of nitrogens with one attached hydrogen (secondary N) is 2. The predicted octanol–water partition coefficient (Wildman–Crippen LogP) is 4.17. The number of anilines is 2. The molecule has 3 aromatic carbocycles. The van der Waals surface area contributed by atoms with Crippen LogP contribution in [0.15, 0.2) is 77.7 Å². The third-order valence-electron chi connectivity index (χ3n) is 4.61. The van der Waals surface area contributed by atoms with Crippen molar-refractivity contribution in [3.8, 4) is 17.2 Å². The average molecular weight is 469 g/mol. The van der Waals surface area contributed by atoms with Crippen LogP contribution < -0.4 is 24.2 Å². The number of carbonyl (C=O) groups excluding carboxylic acids is 1. The molecule has 0 heterocycles. The minimum Gasteiger partial charge on any atom is -0.493 e. The molecule has 33 heavy (non-hydrogen) atoms. The number of sulfonamides is 1.